The molecule has 0 heterocycles. The third kappa shape index (κ3) is 19.6. The van der Waals surface area contributed by atoms with E-state index < -0.39 is 0 Å². The first-order valence-corrected chi connectivity index (χ1v) is 7.48. The van der Waals surface area contributed by atoms with E-state index in [2.05, 4.69) is 20.8 Å². The summed E-state index contributed by atoms with van der Waals surface area (Å²) in [5, 5.41) is 0. The molecular weight excluding hydrogens is 215 g/mol. The average Bonchev–Trinajstić information content (AvgIpc) is 2.29. The van der Waals surface area contributed by atoms with Crippen LogP contribution in [0.4, 0.5) is 0 Å². The van der Waals surface area contributed by atoms with Crippen LogP contribution in [0.3, 0.4) is 0 Å². The predicted molar refractivity (Wildman–Crippen MR) is 77.1 cm³/mol. The summed E-state index contributed by atoms with van der Waals surface area (Å²) in [5.41, 5.74) is 0. The first-order valence-electron chi connectivity index (χ1n) is 7.01. The van der Waals surface area contributed by atoms with Crippen LogP contribution < -0.4 is 0 Å². The Labute approximate surface area is 105 Å². The van der Waals surface area contributed by atoms with Gasteiger partial charge in [-0.2, -0.15) is 0 Å². The third-order valence-electron chi connectivity index (χ3n) is 2.89. The maximum atomic E-state index is 8.17. The van der Waals surface area contributed by atoms with Crippen molar-refractivity contribution in [1.29, 1.82) is 0 Å². The van der Waals surface area contributed by atoms with Crippen LogP contribution in [-0.4, -0.2) is 0 Å². The Morgan fingerprint density at radius 2 is 1.12 bits per heavy atom. The molecule has 1 atom stereocenters. The lowest BCUT2D eigenvalue weighted by atomic mass is 10.0. The van der Waals surface area contributed by atoms with Gasteiger partial charge in [0, 0.05) is 0 Å². The maximum Gasteiger partial charge on any atom is 0.310 e. The molecule has 0 aliphatic carbocycles. The second kappa shape index (κ2) is 17.5. The van der Waals surface area contributed by atoms with Crippen molar-refractivity contribution in [2.45, 2.75) is 85.0 Å². The lowest BCUT2D eigenvalue weighted by Gasteiger charge is -2.04. The summed E-state index contributed by atoms with van der Waals surface area (Å²) in [5.74, 6) is 0.902. The molecule has 0 N–H and O–H groups in total. The second-order valence-corrected chi connectivity index (χ2v) is 5.01. The molecule has 98 valence electrons. The summed E-state index contributed by atoms with van der Waals surface area (Å²) in [4.78, 5) is 0. The van der Waals surface area contributed by atoms with Crippen LogP contribution in [0, 0.1) is 5.92 Å². The van der Waals surface area contributed by atoms with Crippen LogP contribution >= 0.6 is 9.12 Å². The van der Waals surface area contributed by atoms with E-state index in [1.807, 2.05) is 0 Å². The standard InChI is InChI=1S/C14H30.H2OP/c1-4-5-6-7-8-9-10-11-12-13-14(2)3;1-2/h14H,4-13H2,1-3H3;2H2/q;+1. The van der Waals surface area contributed by atoms with Gasteiger partial charge in [-0.3, -0.25) is 0 Å². The molecule has 2 heteroatoms. The van der Waals surface area contributed by atoms with Gasteiger partial charge in [-0.1, -0.05) is 89.5 Å². The fourth-order valence-corrected chi connectivity index (χ4v) is 1.86. The minimum Gasteiger partial charge on any atom is -0.0801 e. The third-order valence-corrected chi connectivity index (χ3v) is 2.89. The SMILES string of the molecule is CCCCCCCCCCCC(C)C.O=[PH2+]. The zero-order valence-electron chi connectivity index (χ0n) is 11.6. The Morgan fingerprint density at radius 3 is 1.50 bits per heavy atom. The molecule has 0 fully saturated rings. The normalized spacial score (nSPS) is 10.0. The van der Waals surface area contributed by atoms with Crippen molar-refractivity contribution in [3.8, 4) is 0 Å². The number of hydrogen-bond acceptors (Lipinski definition) is 1. The van der Waals surface area contributed by atoms with Crippen molar-refractivity contribution < 1.29 is 4.57 Å². The molecule has 0 rings (SSSR count). The summed E-state index contributed by atoms with van der Waals surface area (Å²) in [6, 6.07) is 0. The quantitative estimate of drug-likeness (QED) is 0.354. The van der Waals surface area contributed by atoms with Crippen LogP contribution in [0.5, 0.6) is 0 Å². The highest BCUT2D eigenvalue weighted by Gasteiger charge is 1.94. The van der Waals surface area contributed by atoms with E-state index in [0.29, 0.717) is 0 Å². The highest BCUT2D eigenvalue weighted by molar-refractivity contribution is 7.00. The topological polar surface area (TPSA) is 17.1 Å². The molecule has 0 bridgehead atoms. The number of rotatable bonds is 10. The zero-order chi connectivity index (χ0) is 12.6. The van der Waals surface area contributed by atoms with Crippen molar-refractivity contribution in [2.24, 2.45) is 5.92 Å². The summed E-state index contributed by atoms with van der Waals surface area (Å²) >= 11 is 0. The van der Waals surface area contributed by atoms with E-state index >= 15 is 0 Å². The number of hydrogen-bond donors (Lipinski definition) is 0. The molecular formula is C14H32OP+. The van der Waals surface area contributed by atoms with Gasteiger partial charge >= 0.3 is 9.12 Å². The van der Waals surface area contributed by atoms with Gasteiger partial charge < -0.3 is 0 Å². The highest BCUT2D eigenvalue weighted by Crippen LogP contribution is 2.12. The molecule has 0 aromatic carbocycles. The smallest absolute Gasteiger partial charge is 0.0801 e. The first-order chi connectivity index (χ1) is 7.77. The molecule has 0 saturated carbocycles. The van der Waals surface area contributed by atoms with Crippen LogP contribution in [0.1, 0.15) is 85.0 Å². The van der Waals surface area contributed by atoms with Crippen molar-refractivity contribution in [3.05, 3.63) is 0 Å². The molecule has 0 spiro atoms. The Balaban J connectivity index is 0. The largest absolute Gasteiger partial charge is 0.310 e. The monoisotopic (exact) mass is 247 g/mol. The molecule has 0 saturated heterocycles. The average molecular weight is 247 g/mol. The van der Waals surface area contributed by atoms with Crippen molar-refractivity contribution >= 4 is 9.12 Å². The lowest BCUT2D eigenvalue weighted by molar-refractivity contribution is 0.507. The van der Waals surface area contributed by atoms with Crippen molar-refractivity contribution in [1.82, 2.24) is 0 Å². The molecule has 0 aromatic rings. The predicted octanol–water partition coefficient (Wildman–Crippen LogP) is 5.77. The van der Waals surface area contributed by atoms with Gasteiger partial charge in [0.15, 0.2) is 0 Å². The van der Waals surface area contributed by atoms with Crippen LogP contribution in [0.15, 0.2) is 0 Å². The summed E-state index contributed by atoms with van der Waals surface area (Å²) in [7, 11) is 1.17. The van der Waals surface area contributed by atoms with E-state index in [0.717, 1.165) is 5.92 Å². The lowest BCUT2D eigenvalue weighted by Crippen LogP contribution is -1.87. The molecule has 0 aliphatic rings. The Kier molecular flexibility index (Phi) is 20.2. The second-order valence-electron chi connectivity index (χ2n) is 5.01. The van der Waals surface area contributed by atoms with Crippen LogP contribution in [0.2, 0.25) is 0 Å². The zero-order valence-corrected chi connectivity index (χ0v) is 12.8. The molecule has 0 aliphatic heterocycles. The molecule has 0 aromatic heterocycles. The summed E-state index contributed by atoms with van der Waals surface area (Å²) in [6.45, 7) is 6.93. The fourth-order valence-electron chi connectivity index (χ4n) is 1.86. The van der Waals surface area contributed by atoms with Gasteiger partial charge in [-0.25, -0.2) is 0 Å². The fraction of sp³-hybridized carbons (Fsp3) is 1.00. The Bertz CT molecular complexity index is 115. The molecule has 0 amide bonds. The van der Waals surface area contributed by atoms with E-state index in [9.17, 15) is 0 Å². The summed E-state index contributed by atoms with van der Waals surface area (Å²) < 4.78 is 8.17. The first kappa shape index (κ1) is 18.5. The van der Waals surface area contributed by atoms with E-state index in [4.69, 9.17) is 4.57 Å². The van der Waals surface area contributed by atoms with Crippen LogP contribution in [0.25, 0.3) is 0 Å². The van der Waals surface area contributed by atoms with Gasteiger partial charge in [0.25, 0.3) is 0 Å². The van der Waals surface area contributed by atoms with Crippen LogP contribution in [-0.2, 0) is 4.57 Å². The minimum absolute atomic E-state index is 0.902. The van der Waals surface area contributed by atoms with E-state index in [-0.39, 0.29) is 0 Å². The molecule has 16 heavy (non-hydrogen) atoms. The van der Waals surface area contributed by atoms with Gasteiger partial charge in [-0.15, -0.1) is 0 Å². The Morgan fingerprint density at radius 1 is 0.750 bits per heavy atom. The Hall–Kier alpha value is 0.100. The summed E-state index contributed by atoms with van der Waals surface area (Å²) in [6.07, 6.45) is 14.5. The van der Waals surface area contributed by atoms with Crippen molar-refractivity contribution in [3.63, 3.8) is 0 Å². The highest BCUT2D eigenvalue weighted by atomic mass is 31.0. The van der Waals surface area contributed by atoms with E-state index in [1.165, 1.54) is 73.3 Å². The van der Waals surface area contributed by atoms with Gasteiger partial charge in [0.2, 0.25) is 0 Å². The molecule has 1 nitrogen and oxygen atoms in total. The van der Waals surface area contributed by atoms with Gasteiger partial charge in [0.05, 0.1) is 0 Å². The van der Waals surface area contributed by atoms with Gasteiger partial charge in [0.1, 0.15) is 0 Å². The molecule has 1 unspecified atom stereocenters. The molecule has 0 radical (unpaired) electrons. The van der Waals surface area contributed by atoms with Gasteiger partial charge in [-0.05, 0) is 5.92 Å². The number of unbranched alkanes of at least 4 members (excludes halogenated alkanes) is 8. The maximum absolute atomic E-state index is 8.17. The van der Waals surface area contributed by atoms with Crippen molar-refractivity contribution in [2.75, 3.05) is 0 Å². The van der Waals surface area contributed by atoms with E-state index in [1.54, 1.807) is 0 Å². The minimum atomic E-state index is 0.902.